The maximum atomic E-state index is 12.6. The molecule has 0 aliphatic carbocycles. The summed E-state index contributed by atoms with van der Waals surface area (Å²) < 4.78 is 25.9. The summed E-state index contributed by atoms with van der Waals surface area (Å²) in [6.07, 6.45) is 0.797. The molecule has 37 heavy (non-hydrogen) atoms. The topological polar surface area (TPSA) is 101 Å². The molecule has 198 valence electrons. The Morgan fingerprint density at radius 2 is 1.11 bits per heavy atom. The second kappa shape index (κ2) is 11.8. The summed E-state index contributed by atoms with van der Waals surface area (Å²) in [5, 5.41) is 0. The SMILES string of the molecule is COC(=O)c1cc(C(=C2CCN(C(=O)OC)CC2)c2cc(C)c(OC)c(C(=O)OC)c2)cc(C)c1OC. The van der Waals surface area contributed by atoms with Crippen LogP contribution in [-0.2, 0) is 14.2 Å². The van der Waals surface area contributed by atoms with Gasteiger partial charge in [-0.2, -0.15) is 0 Å². The summed E-state index contributed by atoms with van der Waals surface area (Å²) in [5.74, 6) is -0.177. The van der Waals surface area contributed by atoms with E-state index in [0.717, 1.165) is 33.4 Å². The molecular weight excluding hydrogens is 478 g/mol. The minimum absolute atomic E-state index is 0.295. The maximum Gasteiger partial charge on any atom is 0.409 e. The van der Waals surface area contributed by atoms with Crippen molar-refractivity contribution >= 4 is 23.6 Å². The van der Waals surface area contributed by atoms with Crippen LogP contribution in [0.15, 0.2) is 29.8 Å². The third-order valence-corrected chi connectivity index (χ3v) is 6.50. The molecule has 1 amide bonds. The molecule has 2 aromatic rings. The van der Waals surface area contributed by atoms with Crippen molar-refractivity contribution in [1.29, 1.82) is 0 Å². The van der Waals surface area contributed by atoms with Gasteiger partial charge in [-0.25, -0.2) is 14.4 Å². The zero-order valence-corrected chi connectivity index (χ0v) is 22.4. The van der Waals surface area contributed by atoms with E-state index in [2.05, 4.69) is 0 Å². The molecule has 9 nitrogen and oxygen atoms in total. The summed E-state index contributed by atoms with van der Waals surface area (Å²) in [4.78, 5) is 39.0. The van der Waals surface area contributed by atoms with Crippen molar-refractivity contribution in [3.05, 3.63) is 63.2 Å². The number of benzene rings is 2. The first kappa shape index (κ1) is 27.6. The van der Waals surface area contributed by atoms with Gasteiger partial charge in [0.05, 0.1) is 35.5 Å². The van der Waals surface area contributed by atoms with Crippen LogP contribution >= 0.6 is 0 Å². The number of rotatable bonds is 6. The van der Waals surface area contributed by atoms with Crippen molar-refractivity contribution in [3.8, 4) is 11.5 Å². The largest absolute Gasteiger partial charge is 0.496 e. The highest BCUT2D eigenvalue weighted by molar-refractivity contribution is 5.98. The number of aryl methyl sites for hydroxylation is 2. The Hall–Kier alpha value is -4.01. The average molecular weight is 512 g/mol. The van der Waals surface area contributed by atoms with E-state index in [-0.39, 0.29) is 6.09 Å². The second-order valence-electron chi connectivity index (χ2n) is 8.67. The van der Waals surface area contributed by atoms with Crippen molar-refractivity contribution < 1.29 is 38.1 Å². The highest BCUT2D eigenvalue weighted by Crippen LogP contribution is 2.39. The number of hydrogen-bond donors (Lipinski definition) is 0. The maximum absolute atomic E-state index is 12.6. The van der Waals surface area contributed by atoms with Gasteiger partial charge in [0.1, 0.15) is 22.6 Å². The summed E-state index contributed by atoms with van der Waals surface area (Å²) in [6, 6.07) is 7.36. The van der Waals surface area contributed by atoms with Crippen LogP contribution in [0.3, 0.4) is 0 Å². The highest BCUT2D eigenvalue weighted by atomic mass is 16.5. The number of carbonyl (C=O) groups excluding carboxylic acids is 3. The van der Waals surface area contributed by atoms with Gasteiger partial charge in [0.25, 0.3) is 0 Å². The lowest BCUT2D eigenvalue weighted by Crippen LogP contribution is -2.36. The van der Waals surface area contributed by atoms with Crippen molar-refractivity contribution in [2.75, 3.05) is 48.6 Å². The Kier molecular flexibility index (Phi) is 8.81. The van der Waals surface area contributed by atoms with E-state index in [4.69, 9.17) is 23.7 Å². The third kappa shape index (κ3) is 5.55. The van der Waals surface area contributed by atoms with Gasteiger partial charge < -0.3 is 28.6 Å². The standard InChI is InChI=1S/C28H33NO8/c1-16-12-19(14-21(24(16)33-3)26(30)35-5)23(18-8-10-29(11-9-18)28(32)37-7)20-13-17(2)25(34-4)22(15-20)27(31)36-6/h12-15H,8-11H2,1-7H3. The molecule has 3 rings (SSSR count). The fourth-order valence-corrected chi connectivity index (χ4v) is 4.81. The van der Waals surface area contributed by atoms with Crippen LogP contribution < -0.4 is 9.47 Å². The van der Waals surface area contributed by atoms with Gasteiger partial charge in [-0.3, -0.25) is 0 Å². The van der Waals surface area contributed by atoms with Crippen LogP contribution in [0.2, 0.25) is 0 Å². The summed E-state index contributed by atoms with van der Waals surface area (Å²) >= 11 is 0. The van der Waals surface area contributed by atoms with E-state index >= 15 is 0 Å². The average Bonchev–Trinajstić information content (AvgIpc) is 2.91. The fourth-order valence-electron chi connectivity index (χ4n) is 4.81. The molecule has 1 heterocycles. The van der Waals surface area contributed by atoms with Crippen LogP contribution in [0, 0.1) is 13.8 Å². The minimum Gasteiger partial charge on any atom is -0.496 e. The molecule has 0 saturated carbocycles. The fraction of sp³-hybridized carbons (Fsp3) is 0.393. The first-order valence-electron chi connectivity index (χ1n) is 11.8. The molecule has 9 heteroatoms. The van der Waals surface area contributed by atoms with Gasteiger partial charge >= 0.3 is 18.0 Å². The summed E-state index contributed by atoms with van der Waals surface area (Å²) in [5.41, 5.74) is 5.55. The lowest BCUT2D eigenvalue weighted by atomic mass is 9.85. The molecular formula is C28H33NO8. The Morgan fingerprint density at radius 1 is 0.676 bits per heavy atom. The number of ether oxygens (including phenoxy) is 5. The zero-order valence-electron chi connectivity index (χ0n) is 22.4. The van der Waals surface area contributed by atoms with Crippen molar-refractivity contribution in [1.82, 2.24) is 4.90 Å². The third-order valence-electron chi connectivity index (χ3n) is 6.50. The molecule has 0 aromatic heterocycles. The number of piperidine rings is 1. The van der Waals surface area contributed by atoms with E-state index in [1.54, 1.807) is 17.0 Å². The number of hydrogen-bond acceptors (Lipinski definition) is 8. The number of carbonyl (C=O) groups is 3. The summed E-state index contributed by atoms with van der Waals surface area (Å²) in [6.45, 7) is 4.67. The number of amides is 1. The minimum atomic E-state index is -0.521. The Balaban J connectivity index is 2.30. The number of methoxy groups -OCH3 is 5. The van der Waals surface area contributed by atoms with Crippen molar-refractivity contribution in [2.45, 2.75) is 26.7 Å². The quantitative estimate of drug-likeness (QED) is 0.411. The van der Waals surface area contributed by atoms with E-state index in [1.807, 2.05) is 26.0 Å². The molecule has 0 radical (unpaired) electrons. The predicted molar refractivity (Wildman–Crippen MR) is 137 cm³/mol. The van der Waals surface area contributed by atoms with Crippen LogP contribution in [0.1, 0.15) is 55.8 Å². The van der Waals surface area contributed by atoms with E-state index in [0.29, 0.717) is 48.6 Å². The predicted octanol–water partition coefficient (Wildman–Crippen LogP) is 4.56. The number of nitrogens with zero attached hydrogens (tertiary/aromatic N) is 1. The van der Waals surface area contributed by atoms with Crippen LogP contribution in [0.25, 0.3) is 5.57 Å². The molecule has 1 saturated heterocycles. The lowest BCUT2D eigenvalue weighted by molar-refractivity contribution is 0.0588. The molecule has 0 bridgehead atoms. The van der Waals surface area contributed by atoms with Crippen LogP contribution in [0.5, 0.6) is 11.5 Å². The van der Waals surface area contributed by atoms with Crippen molar-refractivity contribution in [3.63, 3.8) is 0 Å². The van der Waals surface area contributed by atoms with Crippen LogP contribution in [0.4, 0.5) is 4.79 Å². The molecule has 0 N–H and O–H groups in total. The number of likely N-dealkylation sites (tertiary alicyclic amines) is 1. The molecule has 1 fully saturated rings. The molecule has 0 spiro atoms. The summed E-state index contributed by atoms with van der Waals surface area (Å²) in [7, 11) is 7.02. The normalized spacial score (nSPS) is 13.1. The van der Waals surface area contributed by atoms with E-state index in [9.17, 15) is 14.4 Å². The monoisotopic (exact) mass is 511 g/mol. The van der Waals surface area contributed by atoms with Gasteiger partial charge in [0, 0.05) is 13.1 Å². The second-order valence-corrected chi connectivity index (χ2v) is 8.67. The van der Waals surface area contributed by atoms with E-state index in [1.165, 1.54) is 35.5 Å². The Morgan fingerprint density at radius 3 is 1.46 bits per heavy atom. The van der Waals surface area contributed by atoms with Gasteiger partial charge in [-0.1, -0.05) is 5.57 Å². The molecule has 1 aliphatic rings. The molecule has 0 atom stereocenters. The van der Waals surface area contributed by atoms with Crippen molar-refractivity contribution in [2.24, 2.45) is 0 Å². The van der Waals surface area contributed by atoms with Gasteiger partial charge in [0.15, 0.2) is 0 Å². The van der Waals surface area contributed by atoms with Crippen LogP contribution in [-0.4, -0.2) is 71.6 Å². The highest BCUT2D eigenvalue weighted by Gasteiger charge is 2.26. The van der Waals surface area contributed by atoms with Gasteiger partial charge in [-0.05, 0) is 78.8 Å². The first-order chi connectivity index (χ1) is 17.7. The molecule has 1 aliphatic heterocycles. The Labute approximate surface area is 216 Å². The lowest BCUT2D eigenvalue weighted by Gasteiger charge is -2.29. The molecule has 2 aromatic carbocycles. The Bertz CT molecular complexity index is 1160. The van der Waals surface area contributed by atoms with E-state index < -0.39 is 11.9 Å². The van der Waals surface area contributed by atoms with Gasteiger partial charge in [-0.15, -0.1) is 0 Å². The first-order valence-corrected chi connectivity index (χ1v) is 11.8. The zero-order chi connectivity index (χ0) is 27.3. The molecule has 0 unspecified atom stereocenters. The van der Waals surface area contributed by atoms with Gasteiger partial charge in [0.2, 0.25) is 0 Å². The number of esters is 2. The smallest absolute Gasteiger partial charge is 0.409 e.